The number of para-hydroxylation sites is 1. The first kappa shape index (κ1) is 21.5. The number of benzene rings is 3. The zero-order valence-electron chi connectivity index (χ0n) is 18.5. The molecule has 6 heteroatoms. The van der Waals surface area contributed by atoms with Crippen molar-refractivity contribution < 1.29 is 4.79 Å². The molecule has 3 aromatic carbocycles. The first-order valence-corrected chi connectivity index (χ1v) is 11.8. The van der Waals surface area contributed by atoms with E-state index < -0.39 is 5.54 Å². The van der Waals surface area contributed by atoms with E-state index in [0.29, 0.717) is 6.67 Å². The van der Waals surface area contributed by atoms with E-state index in [2.05, 4.69) is 81.1 Å². The lowest BCUT2D eigenvalue weighted by Gasteiger charge is -2.44. The molecule has 2 N–H and O–H groups in total. The van der Waals surface area contributed by atoms with Gasteiger partial charge in [-0.25, -0.2) is 0 Å². The van der Waals surface area contributed by atoms with Gasteiger partial charge in [0.05, 0.1) is 12.7 Å². The Morgan fingerprint density at radius 3 is 1.91 bits per heavy atom. The summed E-state index contributed by atoms with van der Waals surface area (Å²) in [7, 11) is 0. The molecule has 2 fully saturated rings. The molecule has 0 aromatic heterocycles. The summed E-state index contributed by atoms with van der Waals surface area (Å²) in [5.74, 6) is 0.122. The van der Waals surface area contributed by atoms with Gasteiger partial charge in [-0.3, -0.25) is 4.79 Å². The van der Waals surface area contributed by atoms with Crippen LogP contribution in [0.25, 0.3) is 0 Å². The Morgan fingerprint density at radius 2 is 1.36 bits per heavy atom. The molecule has 168 valence electrons. The van der Waals surface area contributed by atoms with Crippen LogP contribution in [0, 0.1) is 0 Å². The standard InChI is InChI=1S/C27H28N4OS/c32-25-27(31(20-28-25)23-14-8-3-9-15-23)16-18-30(19-17-27)26(33)29-24(21-10-4-1-5-11-21)22-12-6-2-7-13-22/h1-15,24H,16-20H2,(H,28,32)(H,29,33). The fraction of sp³-hybridized carbons (Fsp3) is 0.259. The number of nitrogens with one attached hydrogen (secondary N) is 2. The van der Waals surface area contributed by atoms with Crippen LogP contribution >= 0.6 is 12.2 Å². The monoisotopic (exact) mass is 456 g/mol. The largest absolute Gasteiger partial charge is 0.352 e. The number of carbonyl (C=O) groups is 1. The van der Waals surface area contributed by atoms with Crippen LogP contribution in [0.5, 0.6) is 0 Å². The number of carbonyl (C=O) groups excluding carboxylic acids is 1. The highest BCUT2D eigenvalue weighted by atomic mass is 32.1. The maximum Gasteiger partial charge on any atom is 0.247 e. The Bertz CT molecular complexity index is 1060. The van der Waals surface area contributed by atoms with Gasteiger partial charge in [0, 0.05) is 18.8 Å². The van der Waals surface area contributed by atoms with E-state index in [-0.39, 0.29) is 11.9 Å². The second-order valence-corrected chi connectivity index (χ2v) is 9.04. The summed E-state index contributed by atoms with van der Waals surface area (Å²) in [5.41, 5.74) is 2.92. The molecule has 0 unspecified atom stereocenters. The van der Waals surface area contributed by atoms with Crippen molar-refractivity contribution in [3.05, 3.63) is 102 Å². The lowest BCUT2D eigenvalue weighted by Crippen LogP contribution is -2.58. The molecule has 2 saturated heterocycles. The van der Waals surface area contributed by atoms with Crippen LogP contribution in [0.4, 0.5) is 5.69 Å². The molecular weight excluding hydrogens is 428 g/mol. The Hall–Kier alpha value is -3.38. The molecule has 5 nitrogen and oxygen atoms in total. The van der Waals surface area contributed by atoms with E-state index in [1.54, 1.807) is 0 Å². The molecule has 2 aliphatic rings. The zero-order valence-corrected chi connectivity index (χ0v) is 19.3. The van der Waals surface area contributed by atoms with Crippen molar-refractivity contribution in [3.8, 4) is 0 Å². The van der Waals surface area contributed by atoms with Gasteiger partial charge in [0.1, 0.15) is 5.54 Å². The third-order valence-corrected chi connectivity index (χ3v) is 7.19. The molecule has 2 aliphatic heterocycles. The average Bonchev–Trinajstić information content (AvgIpc) is 3.19. The third-order valence-electron chi connectivity index (χ3n) is 6.82. The first-order chi connectivity index (χ1) is 16.2. The van der Waals surface area contributed by atoms with Crippen molar-refractivity contribution in [2.45, 2.75) is 24.4 Å². The summed E-state index contributed by atoms with van der Waals surface area (Å²) in [4.78, 5) is 17.4. The summed E-state index contributed by atoms with van der Waals surface area (Å²) in [6.45, 7) is 2.02. The van der Waals surface area contributed by atoms with E-state index in [1.165, 1.54) is 11.1 Å². The van der Waals surface area contributed by atoms with Crippen molar-refractivity contribution >= 4 is 28.9 Å². The second-order valence-electron chi connectivity index (χ2n) is 8.65. The van der Waals surface area contributed by atoms with Crippen molar-refractivity contribution in [3.63, 3.8) is 0 Å². The number of piperidine rings is 1. The lowest BCUT2D eigenvalue weighted by molar-refractivity contribution is -0.124. The minimum Gasteiger partial charge on any atom is -0.352 e. The van der Waals surface area contributed by atoms with Crippen LogP contribution in [-0.4, -0.2) is 41.2 Å². The van der Waals surface area contributed by atoms with Crippen LogP contribution in [-0.2, 0) is 4.79 Å². The van der Waals surface area contributed by atoms with Crippen LogP contribution in [0.2, 0.25) is 0 Å². The Morgan fingerprint density at radius 1 is 0.848 bits per heavy atom. The van der Waals surface area contributed by atoms with E-state index in [9.17, 15) is 4.79 Å². The van der Waals surface area contributed by atoms with Gasteiger partial charge in [0.15, 0.2) is 5.11 Å². The van der Waals surface area contributed by atoms with Gasteiger partial charge >= 0.3 is 0 Å². The Labute approximate surface area is 200 Å². The molecular formula is C27H28N4OS. The van der Waals surface area contributed by atoms with E-state index in [1.807, 2.05) is 30.3 Å². The molecule has 0 radical (unpaired) electrons. The first-order valence-electron chi connectivity index (χ1n) is 11.4. The number of likely N-dealkylation sites (tertiary alicyclic amines) is 1. The van der Waals surface area contributed by atoms with Crippen molar-refractivity contribution in [1.29, 1.82) is 0 Å². The van der Waals surface area contributed by atoms with Gasteiger partial charge in [0.2, 0.25) is 5.91 Å². The quantitative estimate of drug-likeness (QED) is 0.580. The van der Waals surface area contributed by atoms with Gasteiger partial charge in [-0.15, -0.1) is 0 Å². The number of amides is 1. The molecule has 0 saturated carbocycles. The van der Waals surface area contributed by atoms with Gasteiger partial charge in [-0.1, -0.05) is 78.9 Å². The smallest absolute Gasteiger partial charge is 0.247 e. The van der Waals surface area contributed by atoms with Gasteiger partial charge < -0.3 is 20.4 Å². The fourth-order valence-corrected chi connectivity index (χ4v) is 5.28. The molecule has 1 amide bonds. The van der Waals surface area contributed by atoms with Crippen LogP contribution in [0.15, 0.2) is 91.0 Å². The fourth-order valence-electron chi connectivity index (χ4n) is 4.98. The summed E-state index contributed by atoms with van der Waals surface area (Å²) in [5, 5.41) is 7.39. The molecule has 0 atom stereocenters. The summed E-state index contributed by atoms with van der Waals surface area (Å²) in [6, 6.07) is 30.9. The van der Waals surface area contributed by atoms with Crippen molar-refractivity contribution in [1.82, 2.24) is 15.5 Å². The number of thiocarbonyl (C=S) groups is 1. The van der Waals surface area contributed by atoms with E-state index >= 15 is 0 Å². The maximum atomic E-state index is 12.9. The summed E-state index contributed by atoms with van der Waals surface area (Å²) >= 11 is 5.87. The van der Waals surface area contributed by atoms with Crippen LogP contribution in [0.3, 0.4) is 0 Å². The third kappa shape index (κ3) is 4.18. The molecule has 33 heavy (non-hydrogen) atoms. The number of hydrogen-bond donors (Lipinski definition) is 2. The van der Waals surface area contributed by atoms with Gasteiger partial charge in [-0.2, -0.15) is 0 Å². The normalized spacial score (nSPS) is 17.3. The second kappa shape index (κ2) is 9.24. The number of nitrogens with zero attached hydrogens (tertiary/aromatic N) is 2. The minimum absolute atomic E-state index is 0.0219. The number of hydrogen-bond acceptors (Lipinski definition) is 3. The van der Waals surface area contributed by atoms with E-state index in [4.69, 9.17) is 12.2 Å². The predicted octanol–water partition coefficient (Wildman–Crippen LogP) is 4.08. The highest BCUT2D eigenvalue weighted by Gasteiger charge is 2.50. The molecule has 2 heterocycles. The van der Waals surface area contributed by atoms with Gasteiger partial charge in [-0.05, 0) is 48.3 Å². The van der Waals surface area contributed by atoms with Crippen LogP contribution in [0.1, 0.15) is 30.0 Å². The van der Waals surface area contributed by atoms with Crippen LogP contribution < -0.4 is 15.5 Å². The predicted molar refractivity (Wildman–Crippen MR) is 136 cm³/mol. The Kier molecular flexibility index (Phi) is 6.01. The average molecular weight is 457 g/mol. The number of rotatable bonds is 4. The summed E-state index contributed by atoms with van der Waals surface area (Å²) in [6.07, 6.45) is 1.47. The summed E-state index contributed by atoms with van der Waals surface area (Å²) < 4.78 is 0. The zero-order chi connectivity index (χ0) is 22.7. The topological polar surface area (TPSA) is 47.6 Å². The van der Waals surface area contributed by atoms with Gasteiger partial charge in [0.25, 0.3) is 0 Å². The highest BCUT2D eigenvalue weighted by molar-refractivity contribution is 7.80. The molecule has 5 rings (SSSR count). The SMILES string of the molecule is O=C1NCN(c2ccccc2)C12CCN(C(=S)NC(c1ccccc1)c1ccccc1)CC2. The molecule has 1 spiro atoms. The van der Waals surface area contributed by atoms with E-state index in [0.717, 1.165) is 36.7 Å². The molecule has 0 aliphatic carbocycles. The van der Waals surface area contributed by atoms with Crippen molar-refractivity contribution in [2.24, 2.45) is 0 Å². The maximum absolute atomic E-state index is 12.9. The van der Waals surface area contributed by atoms with Crippen molar-refractivity contribution in [2.75, 3.05) is 24.7 Å². The Balaban J connectivity index is 1.31. The number of anilines is 1. The lowest BCUT2D eigenvalue weighted by atomic mass is 9.85. The molecule has 0 bridgehead atoms. The highest BCUT2D eigenvalue weighted by Crippen LogP contribution is 2.36. The molecule has 3 aromatic rings. The minimum atomic E-state index is -0.508.